The number of aryl methyl sites for hydroxylation is 1. The highest BCUT2D eigenvalue weighted by Gasteiger charge is 2.19. The van der Waals surface area contributed by atoms with Gasteiger partial charge in [0.1, 0.15) is 5.75 Å². The Hall–Kier alpha value is -2.00. The maximum atomic E-state index is 10.5. The Kier molecular flexibility index (Phi) is 4.11. The van der Waals surface area contributed by atoms with Gasteiger partial charge in [0.15, 0.2) is 0 Å². The predicted octanol–water partition coefficient (Wildman–Crippen LogP) is 3.18. The quantitative estimate of drug-likeness (QED) is 0.935. The summed E-state index contributed by atoms with van der Waals surface area (Å²) < 4.78 is 5.23. The zero-order valence-electron chi connectivity index (χ0n) is 12.3. The second-order valence-corrected chi connectivity index (χ2v) is 5.47. The molecule has 0 saturated carbocycles. The van der Waals surface area contributed by atoms with E-state index in [4.69, 9.17) is 4.74 Å². The number of hydrogen-bond donors (Lipinski definition) is 1. The molecule has 2 aromatic carbocycles. The van der Waals surface area contributed by atoms with E-state index in [1.807, 2.05) is 24.3 Å². The van der Waals surface area contributed by atoms with E-state index in [0.29, 0.717) is 6.54 Å². The van der Waals surface area contributed by atoms with Gasteiger partial charge >= 0.3 is 0 Å². The van der Waals surface area contributed by atoms with E-state index in [0.717, 1.165) is 30.7 Å². The minimum absolute atomic E-state index is 0.508. The van der Waals surface area contributed by atoms with Gasteiger partial charge in [0.25, 0.3) is 0 Å². The number of benzene rings is 2. The lowest BCUT2D eigenvalue weighted by molar-refractivity contribution is 0.182. The summed E-state index contributed by atoms with van der Waals surface area (Å²) in [6.45, 7) is 1.61. The van der Waals surface area contributed by atoms with Crippen molar-refractivity contribution in [2.24, 2.45) is 0 Å². The number of methoxy groups -OCH3 is 1. The van der Waals surface area contributed by atoms with Crippen LogP contribution in [0, 0.1) is 0 Å². The predicted molar refractivity (Wildman–Crippen MR) is 84.9 cm³/mol. The summed E-state index contributed by atoms with van der Waals surface area (Å²) in [5.74, 6) is 0.783. The first kappa shape index (κ1) is 14.0. The highest BCUT2D eigenvalue weighted by atomic mass is 16.5. The molecule has 1 aliphatic heterocycles. The van der Waals surface area contributed by atoms with Gasteiger partial charge in [0.05, 0.1) is 13.2 Å². The number of aliphatic hydroxyl groups is 1. The fourth-order valence-corrected chi connectivity index (χ4v) is 2.96. The molecule has 0 bridgehead atoms. The topological polar surface area (TPSA) is 32.7 Å². The van der Waals surface area contributed by atoms with Crippen LogP contribution in [-0.4, -0.2) is 25.3 Å². The van der Waals surface area contributed by atoms with Crippen LogP contribution in [-0.2, 0) is 6.42 Å². The molecule has 1 atom stereocenters. The summed E-state index contributed by atoms with van der Waals surface area (Å²) >= 11 is 0. The van der Waals surface area contributed by atoms with Gasteiger partial charge in [0.2, 0.25) is 0 Å². The van der Waals surface area contributed by atoms with E-state index in [-0.39, 0.29) is 0 Å². The van der Waals surface area contributed by atoms with E-state index in [1.54, 1.807) is 7.11 Å². The minimum Gasteiger partial charge on any atom is -0.497 e. The van der Waals surface area contributed by atoms with E-state index < -0.39 is 6.10 Å². The van der Waals surface area contributed by atoms with Gasteiger partial charge in [-0.15, -0.1) is 0 Å². The molecule has 1 N–H and O–H groups in total. The van der Waals surface area contributed by atoms with Crippen molar-refractivity contribution in [2.75, 3.05) is 25.1 Å². The largest absolute Gasteiger partial charge is 0.497 e. The minimum atomic E-state index is -0.508. The normalized spacial score (nSPS) is 15.4. The summed E-state index contributed by atoms with van der Waals surface area (Å²) in [6.07, 6.45) is 1.76. The first-order valence-electron chi connectivity index (χ1n) is 7.43. The van der Waals surface area contributed by atoms with Crippen LogP contribution >= 0.6 is 0 Å². The monoisotopic (exact) mass is 283 g/mol. The maximum absolute atomic E-state index is 10.5. The third kappa shape index (κ3) is 3.03. The third-order valence-electron chi connectivity index (χ3n) is 4.08. The molecule has 3 rings (SSSR count). The number of fused-ring (bicyclic) bond motifs is 1. The van der Waals surface area contributed by atoms with E-state index in [2.05, 4.69) is 29.2 Å². The van der Waals surface area contributed by atoms with Crippen molar-refractivity contribution in [1.82, 2.24) is 0 Å². The Morgan fingerprint density at radius 2 is 2.05 bits per heavy atom. The molecule has 0 fully saturated rings. The molecule has 1 aliphatic rings. The van der Waals surface area contributed by atoms with Gasteiger partial charge in [-0.2, -0.15) is 0 Å². The molecule has 1 heterocycles. The Labute approximate surface area is 125 Å². The van der Waals surface area contributed by atoms with Crippen LogP contribution < -0.4 is 9.64 Å². The molecule has 0 aliphatic carbocycles. The molecule has 0 spiro atoms. The fourth-order valence-electron chi connectivity index (χ4n) is 2.96. The molecule has 1 unspecified atom stereocenters. The zero-order chi connectivity index (χ0) is 14.7. The van der Waals surface area contributed by atoms with Crippen molar-refractivity contribution in [3.05, 3.63) is 59.7 Å². The summed E-state index contributed by atoms with van der Waals surface area (Å²) in [5, 5.41) is 10.5. The molecule has 0 aromatic heterocycles. The van der Waals surface area contributed by atoms with Gasteiger partial charge < -0.3 is 14.7 Å². The van der Waals surface area contributed by atoms with Crippen molar-refractivity contribution < 1.29 is 9.84 Å². The molecule has 21 heavy (non-hydrogen) atoms. The van der Waals surface area contributed by atoms with Crippen LogP contribution in [0.25, 0.3) is 0 Å². The number of β-amino-alcohol motifs (C(OH)–C–C–N with tert-alkyl or cyclic N) is 1. The van der Waals surface area contributed by atoms with Crippen LogP contribution in [0.15, 0.2) is 48.5 Å². The first-order valence-corrected chi connectivity index (χ1v) is 7.43. The molecule has 3 heteroatoms. The van der Waals surface area contributed by atoms with Crippen LogP contribution in [0.4, 0.5) is 5.69 Å². The summed E-state index contributed by atoms with van der Waals surface area (Å²) in [6, 6.07) is 16.1. The number of hydrogen-bond acceptors (Lipinski definition) is 3. The number of rotatable bonds is 4. The standard InChI is InChI=1S/C18H21NO2/c1-21-16-9-4-7-15(12-16)18(20)13-19-11-5-8-14-6-2-3-10-17(14)19/h2-4,6-7,9-10,12,18,20H,5,8,11,13H2,1H3. The SMILES string of the molecule is COc1cccc(C(O)CN2CCCc3ccccc32)c1. The Morgan fingerprint density at radius 1 is 1.19 bits per heavy atom. The number of para-hydroxylation sites is 1. The van der Waals surface area contributed by atoms with Crippen molar-refractivity contribution in [1.29, 1.82) is 0 Å². The summed E-state index contributed by atoms with van der Waals surface area (Å²) in [4.78, 5) is 2.28. The lowest BCUT2D eigenvalue weighted by atomic mass is 10.0. The zero-order valence-corrected chi connectivity index (χ0v) is 12.3. The first-order chi connectivity index (χ1) is 10.3. The number of nitrogens with zero attached hydrogens (tertiary/aromatic N) is 1. The number of aliphatic hydroxyl groups excluding tert-OH is 1. The molecule has 3 nitrogen and oxygen atoms in total. The van der Waals surface area contributed by atoms with Gasteiger partial charge in [0, 0.05) is 18.8 Å². The maximum Gasteiger partial charge on any atom is 0.119 e. The van der Waals surface area contributed by atoms with Crippen molar-refractivity contribution in [2.45, 2.75) is 18.9 Å². The molecular formula is C18H21NO2. The van der Waals surface area contributed by atoms with Gasteiger partial charge in [-0.1, -0.05) is 30.3 Å². The molecular weight excluding hydrogens is 262 g/mol. The lowest BCUT2D eigenvalue weighted by Gasteiger charge is -2.33. The van der Waals surface area contributed by atoms with Crippen LogP contribution in [0.1, 0.15) is 23.7 Å². The van der Waals surface area contributed by atoms with Gasteiger partial charge in [-0.05, 0) is 42.2 Å². The summed E-state index contributed by atoms with van der Waals surface area (Å²) in [5.41, 5.74) is 3.53. The van der Waals surface area contributed by atoms with Crippen molar-refractivity contribution in [3.63, 3.8) is 0 Å². The highest BCUT2D eigenvalue weighted by molar-refractivity contribution is 5.55. The molecule has 110 valence electrons. The average Bonchev–Trinajstić information content (AvgIpc) is 2.55. The van der Waals surface area contributed by atoms with Crippen LogP contribution in [0.3, 0.4) is 0 Å². The smallest absolute Gasteiger partial charge is 0.119 e. The van der Waals surface area contributed by atoms with Crippen LogP contribution in [0.5, 0.6) is 5.75 Å². The van der Waals surface area contributed by atoms with Crippen molar-refractivity contribution in [3.8, 4) is 5.75 Å². The molecule has 0 saturated heterocycles. The molecule has 2 aromatic rings. The average molecular weight is 283 g/mol. The van der Waals surface area contributed by atoms with Crippen LogP contribution in [0.2, 0.25) is 0 Å². The summed E-state index contributed by atoms with van der Waals surface area (Å²) in [7, 11) is 1.65. The number of ether oxygens (including phenoxy) is 1. The Bertz CT molecular complexity index is 612. The molecule has 0 amide bonds. The Morgan fingerprint density at radius 3 is 2.90 bits per heavy atom. The van der Waals surface area contributed by atoms with Gasteiger partial charge in [-0.3, -0.25) is 0 Å². The number of anilines is 1. The fraction of sp³-hybridized carbons (Fsp3) is 0.333. The second kappa shape index (κ2) is 6.19. The van der Waals surface area contributed by atoms with E-state index in [9.17, 15) is 5.11 Å². The van der Waals surface area contributed by atoms with E-state index >= 15 is 0 Å². The highest BCUT2D eigenvalue weighted by Crippen LogP contribution is 2.29. The second-order valence-electron chi connectivity index (χ2n) is 5.47. The Balaban J connectivity index is 1.77. The molecule has 0 radical (unpaired) electrons. The third-order valence-corrected chi connectivity index (χ3v) is 4.08. The van der Waals surface area contributed by atoms with E-state index in [1.165, 1.54) is 11.3 Å². The lowest BCUT2D eigenvalue weighted by Crippen LogP contribution is -2.33. The van der Waals surface area contributed by atoms with Crippen molar-refractivity contribution >= 4 is 5.69 Å². The van der Waals surface area contributed by atoms with Gasteiger partial charge in [-0.25, -0.2) is 0 Å².